The molecule has 0 spiro atoms. The quantitative estimate of drug-likeness (QED) is 0.814. The largest absolute Gasteiger partial charge is 0.374 e. The summed E-state index contributed by atoms with van der Waals surface area (Å²) in [6.45, 7) is 4.86. The van der Waals surface area contributed by atoms with Crippen molar-refractivity contribution >= 4 is 11.3 Å². The highest BCUT2D eigenvalue weighted by atomic mass is 32.1. The van der Waals surface area contributed by atoms with Crippen molar-refractivity contribution in [3.05, 3.63) is 15.6 Å². The molecule has 0 bridgehead atoms. The second-order valence-electron chi connectivity index (χ2n) is 3.51. The third-order valence-electron chi connectivity index (χ3n) is 2.40. The first-order valence-corrected chi connectivity index (χ1v) is 6.29. The van der Waals surface area contributed by atoms with Crippen LogP contribution in [0.3, 0.4) is 0 Å². The minimum Gasteiger partial charge on any atom is -0.374 e. The van der Waals surface area contributed by atoms with Crippen molar-refractivity contribution in [2.75, 3.05) is 7.11 Å². The maximum atomic E-state index is 5.71. The number of rotatable bonds is 6. The highest BCUT2D eigenvalue weighted by molar-refractivity contribution is 7.11. The lowest BCUT2D eigenvalue weighted by molar-refractivity contribution is 0.0996. The number of aryl methyl sites for hydroxylation is 1. The van der Waals surface area contributed by atoms with Gasteiger partial charge in [-0.25, -0.2) is 4.98 Å². The molecule has 0 fully saturated rings. The van der Waals surface area contributed by atoms with Crippen LogP contribution in [0.5, 0.6) is 0 Å². The summed E-state index contributed by atoms with van der Waals surface area (Å²) in [4.78, 5) is 5.84. The van der Waals surface area contributed by atoms with Crippen LogP contribution in [-0.2, 0) is 17.7 Å². The van der Waals surface area contributed by atoms with Crippen molar-refractivity contribution < 1.29 is 4.74 Å². The molecule has 1 aromatic rings. The Bertz CT molecular complexity index is 295. The van der Waals surface area contributed by atoms with E-state index in [1.807, 2.05) is 0 Å². The number of nitrogens with zero attached hydrogens (tertiary/aromatic N) is 1. The Kier molecular flexibility index (Phi) is 5.22. The zero-order chi connectivity index (χ0) is 11.3. The summed E-state index contributed by atoms with van der Waals surface area (Å²) < 4.78 is 5.38. The molecule has 86 valence electrons. The van der Waals surface area contributed by atoms with Gasteiger partial charge in [0.1, 0.15) is 11.1 Å². The van der Waals surface area contributed by atoms with Gasteiger partial charge < -0.3 is 10.5 Å². The van der Waals surface area contributed by atoms with Crippen molar-refractivity contribution in [3.8, 4) is 0 Å². The van der Waals surface area contributed by atoms with Crippen LogP contribution in [0.25, 0.3) is 0 Å². The number of aromatic nitrogens is 1. The molecule has 0 amide bonds. The summed E-state index contributed by atoms with van der Waals surface area (Å²) in [6, 6.07) is 0. The zero-order valence-electron chi connectivity index (χ0n) is 9.75. The summed E-state index contributed by atoms with van der Waals surface area (Å²) in [5.74, 6) is 0. The highest BCUT2D eigenvalue weighted by Gasteiger charge is 2.16. The molecule has 0 saturated carbocycles. The Balaban J connectivity index is 2.90. The van der Waals surface area contributed by atoms with E-state index in [2.05, 4.69) is 18.8 Å². The van der Waals surface area contributed by atoms with E-state index in [0.717, 1.165) is 30.0 Å². The molecular formula is C11H20N2OS. The Labute approximate surface area is 95.7 Å². The molecule has 3 nitrogen and oxygen atoms in total. The smallest absolute Gasteiger partial charge is 0.122 e. The molecule has 1 aromatic heterocycles. The minimum absolute atomic E-state index is 0.130. The number of nitrogens with two attached hydrogens (primary N) is 1. The lowest BCUT2D eigenvalue weighted by atomic mass is 10.2. The molecule has 4 heteroatoms. The van der Waals surface area contributed by atoms with E-state index < -0.39 is 0 Å². The molecule has 1 atom stereocenters. The van der Waals surface area contributed by atoms with Crippen molar-refractivity contribution in [1.29, 1.82) is 0 Å². The van der Waals surface area contributed by atoms with Gasteiger partial charge >= 0.3 is 0 Å². The first-order chi connectivity index (χ1) is 7.26. The van der Waals surface area contributed by atoms with Crippen molar-refractivity contribution in [3.63, 3.8) is 0 Å². The monoisotopic (exact) mass is 228 g/mol. The molecule has 0 aliphatic rings. The molecular weight excluding hydrogens is 208 g/mol. The van der Waals surface area contributed by atoms with Gasteiger partial charge in [0.15, 0.2) is 0 Å². The number of ether oxygens (including phenoxy) is 1. The fourth-order valence-electron chi connectivity index (χ4n) is 1.57. The van der Waals surface area contributed by atoms with Gasteiger partial charge in [-0.1, -0.05) is 20.3 Å². The average Bonchev–Trinajstić information content (AvgIpc) is 2.64. The van der Waals surface area contributed by atoms with E-state index in [1.165, 1.54) is 4.88 Å². The van der Waals surface area contributed by atoms with Crippen molar-refractivity contribution in [2.45, 2.75) is 45.8 Å². The maximum absolute atomic E-state index is 5.71. The lowest BCUT2D eigenvalue weighted by Crippen LogP contribution is -1.99. The topological polar surface area (TPSA) is 48.1 Å². The van der Waals surface area contributed by atoms with Gasteiger partial charge in [-0.2, -0.15) is 0 Å². The third-order valence-corrected chi connectivity index (χ3v) is 3.61. The molecule has 0 aromatic carbocycles. The molecule has 1 rings (SSSR count). The fourth-order valence-corrected chi connectivity index (χ4v) is 2.73. The van der Waals surface area contributed by atoms with E-state index >= 15 is 0 Å². The van der Waals surface area contributed by atoms with Gasteiger partial charge in [0.2, 0.25) is 0 Å². The van der Waals surface area contributed by atoms with Crippen LogP contribution < -0.4 is 5.73 Å². The molecule has 15 heavy (non-hydrogen) atoms. The van der Waals surface area contributed by atoms with Gasteiger partial charge in [-0.05, 0) is 12.8 Å². The van der Waals surface area contributed by atoms with Gasteiger partial charge in [0, 0.05) is 18.5 Å². The van der Waals surface area contributed by atoms with Crippen LogP contribution >= 0.6 is 11.3 Å². The summed E-state index contributed by atoms with van der Waals surface area (Å²) in [7, 11) is 1.73. The molecule has 1 heterocycles. The van der Waals surface area contributed by atoms with Crippen LogP contribution in [-0.4, -0.2) is 12.1 Å². The number of thiazole rings is 1. The lowest BCUT2D eigenvalue weighted by Gasteiger charge is -2.08. The van der Waals surface area contributed by atoms with E-state index in [1.54, 1.807) is 18.4 Å². The number of hydrogen-bond donors (Lipinski definition) is 1. The molecule has 1 unspecified atom stereocenters. The first kappa shape index (κ1) is 12.6. The third kappa shape index (κ3) is 3.00. The zero-order valence-corrected chi connectivity index (χ0v) is 10.6. The van der Waals surface area contributed by atoms with E-state index in [4.69, 9.17) is 10.5 Å². The predicted molar refractivity (Wildman–Crippen MR) is 64.0 cm³/mol. The summed E-state index contributed by atoms with van der Waals surface area (Å²) in [6.07, 6.45) is 3.22. The van der Waals surface area contributed by atoms with Gasteiger partial charge in [0.25, 0.3) is 0 Å². The molecule has 0 radical (unpaired) electrons. The van der Waals surface area contributed by atoms with Crippen LogP contribution in [0.15, 0.2) is 0 Å². The molecule has 0 aliphatic heterocycles. The number of hydrogen-bond acceptors (Lipinski definition) is 4. The second-order valence-corrected chi connectivity index (χ2v) is 4.62. The Morgan fingerprint density at radius 2 is 2.20 bits per heavy atom. The van der Waals surface area contributed by atoms with Crippen LogP contribution in [0, 0.1) is 0 Å². The Morgan fingerprint density at radius 3 is 2.67 bits per heavy atom. The molecule has 0 saturated heterocycles. The predicted octanol–water partition coefficient (Wildman–Crippen LogP) is 2.65. The fraction of sp³-hybridized carbons (Fsp3) is 0.727. The van der Waals surface area contributed by atoms with E-state index in [9.17, 15) is 0 Å². The SMILES string of the molecule is CCCc1nc(C(CC)OC)sc1CN. The molecule has 2 N–H and O–H groups in total. The maximum Gasteiger partial charge on any atom is 0.122 e. The average molecular weight is 228 g/mol. The van der Waals surface area contributed by atoms with E-state index in [-0.39, 0.29) is 6.10 Å². The highest BCUT2D eigenvalue weighted by Crippen LogP contribution is 2.28. The summed E-state index contributed by atoms with van der Waals surface area (Å²) in [5, 5.41) is 1.07. The summed E-state index contributed by atoms with van der Waals surface area (Å²) in [5.41, 5.74) is 6.87. The normalized spacial score (nSPS) is 13.1. The van der Waals surface area contributed by atoms with Crippen molar-refractivity contribution in [2.24, 2.45) is 5.73 Å². The van der Waals surface area contributed by atoms with Crippen molar-refractivity contribution in [1.82, 2.24) is 4.98 Å². The summed E-state index contributed by atoms with van der Waals surface area (Å²) >= 11 is 1.70. The van der Waals surface area contributed by atoms with Crippen LogP contribution in [0.1, 0.15) is 48.4 Å². The molecule has 0 aliphatic carbocycles. The standard InChI is InChI=1S/C11H20N2OS/c1-4-6-8-10(7-12)15-11(13-8)9(5-2)14-3/h9H,4-7,12H2,1-3H3. The van der Waals surface area contributed by atoms with Crippen LogP contribution in [0.4, 0.5) is 0 Å². The minimum atomic E-state index is 0.130. The van der Waals surface area contributed by atoms with Gasteiger partial charge in [-0.3, -0.25) is 0 Å². The van der Waals surface area contributed by atoms with Gasteiger partial charge in [-0.15, -0.1) is 11.3 Å². The Morgan fingerprint density at radius 1 is 1.47 bits per heavy atom. The van der Waals surface area contributed by atoms with Crippen LogP contribution in [0.2, 0.25) is 0 Å². The van der Waals surface area contributed by atoms with Gasteiger partial charge in [0.05, 0.1) is 5.69 Å². The number of methoxy groups -OCH3 is 1. The first-order valence-electron chi connectivity index (χ1n) is 5.48. The van der Waals surface area contributed by atoms with E-state index in [0.29, 0.717) is 6.54 Å². The Hall–Kier alpha value is -0.450. The second kappa shape index (κ2) is 6.20.